The first-order valence-electron chi connectivity index (χ1n) is 4.05. The summed E-state index contributed by atoms with van der Waals surface area (Å²) in [5.74, 6) is 0.433. The molecule has 1 aromatic heterocycles. The maximum Gasteiger partial charge on any atom is 0.509 e. The fourth-order valence-corrected chi connectivity index (χ4v) is 1.43. The Balaban J connectivity index is 2.58. The molecule has 0 aliphatic carbocycles. The van der Waals surface area contributed by atoms with Gasteiger partial charge in [0.15, 0.2) is 6.16 Å². The third-order valence-electron chi connectivity index (χ3n) is 1.53. The lowest BCUT2D eigenvalue weighted by atomic mass is 10.6. The largest absolute Gasteiger partial charge is 0.509 e. The van der Waals surface area contributed by atoms with Crippen molar-refractivity contribution in [2.45, 2.75) is 20.1 Å². The average Bonchev–Trinajstić information content (AvgIpc) is 2.51. The molecule has 0 aromatic carbocycles. The van der Waals surface area contributed by atoms with Crippen LogP contribution in [0.1, 0.15) is 20.1 Å². The first kappa shape index (κ1) is 10.2. The summed E-state index contributed by atoms with van der Waals surface area (Å²) >= 11 is 0. The molecule has 0 spiro atoms. The quantitative estimate of drug-likeness (QED) is 0.755. The van der Waals surface area contributed by atoms with Gasteiger partial charge in [0.25, 0.3) is 0 Å². The molecule has 0 bridgehead atoms. The molecular formula is C7H13N3O2P+. The SMILES string of the molecule is CC[P+](=O)OC(C)n1ccc(N)n1. The molecule has 5 nitrogen and oxygen atoms in total. The Kier molecular flexibility index (Phi) is 3.39. The molecule has 2 N–H and O–H groups in total. The number of hydrogen-bond donors (Lipinski definition) is 1. The number of nitrogens with two attached hydrogens (primary N) is 1. The minimum absolute atomic E-state index is 0.333. The molecule has 6 heteroatoms. The smallest absolute Gasteiger partial charge is 0.382 e. The van der Waals surface area contributed by atoms with E-state index in [1.165, 1.54) is 4.68 Å². The predicted molar refractivity (Wildman–Crippen MR) is 50.6 cm³/mol. The second-order valence-corrected chi connectivity index (χ2v) is 4.08. The van der Waals surface area contributed by atoms with Gasteiger partial charge in [-0.2, -0.15) is 5.10 Å². The van der Waals surface area contributed by atoms with Crippen molar-refractivity contribution < 1.29 is 9.09 Å². The first-order chi connectivity index (χ1) is 6.13. The minimum Gasteiger partial charge on any atom is -0.382 e. The Morgan fingerprint density at radius 2 is 2.54 bits per heavy atom. The fraction of sp³-hybridized carbons (Fsp3) is 0.571. The van der Waals surface area contributed by atoms with Gasteiger partial charge in [-0.25, -0.2) is 4.68 Å². The second-order valence-electron chi connectivity index (χ2n) is 2.57. The predicted octanol–water partition coefficient (Wildman–Crippen LogP) is 1.76. The Bertz CT molecular complexity index is 300. The number of nitrogen functional groups attached to an aromatic ring is 1. The summed E-state index contributed by atoms with van der Waals surface area (Å²) in [6, 6.07) is 1.67. The molecule has 0 saturated carbocycles. The van der Waals surface area contributed by atoms with Crippen molar-refractivity contribution in [2.75, 3.05) is 11.9 Å². The van der Waals surface area contributed by atoms with Gasteiger partial charge in [0.1, 0.15) is 5.82 Å². The van der Waals surface area contributed by atoms with Gasteiger partial charge in [-0.1, -0.05) is 0 Å². The third-order valence-corrected chi connectivity index (χ3v) is 2.59. The highest BCUT2D eigenvalue weighted by molar-refractivity contribution is 7.39. The standard InChI is InChI=1S/C7H13N3O2P/c1-3-13(11)12-6(2)10-5-4-7(8)9-10/h4-6H,3H2,1-2H3,(H2,8,9)/q+1. The number of hydrogen-bond acceptors (Lipinski definition) is 4. The maximum absolute atomic E-state index is 11.1. The summed E-state index contributed by atoms with van der Waals surface area (Å²) in [5, 5.41) is 3.94. The van der Waals surface area contributed by atoms with E-state index in [4.69, 9.17) is 10.3 Å². The van der Waals surface area contributed by atoms with Crippen LogP contribution in [0.3, 0.4) is 0 Å². The van der Waals surface area contributed by atoms with Gasteiger partial charge in [0.05, 0.1) is 0 Å². The number of anilines is 1. The summed E-state index contributed by atoms with van der Waals surface area (Å²) in [7, 11) is -1.58. The van der Waals surface area contributed by atoms with Gasteiger partial charge in [-0.05, 0) is 18.4 Å². The molecule has 2 unspecified atom stereocenters. The van der Waals surface area contributed by atoms with Crippen LogP contribution < -0.4 is 5.73 Å². The van der Waals surface area contributed by atoms with E-state index in [1.807, 2.05) is 6.92 Å². The zero-order valence-corrected chi connectivity index (χ0v) is 8.57. The molecule has 0 aliphatic rings. The van der Waals surface area contributed by atoms with E-state index in [2.05, 4.69) is 5.10 Å². The van der Waals surface area contributed by atoms with Crippen molar-refractivity contribution in [3.63, 3.8) is 0 Å². The minimum atomic E-state index is -1.58. The fourth-order valence-electron chi connectivity index (χ4n) is 0.848. The number of rotatable bonds is 4. The van der Waals surface area contributed by atoms with E-state index in [-0.39, 0.29) is 6.23 Å². The molecule has 0 amide bonds. The zero-order chi connectivity index (χ0) is 9.84. The maximum atomic E-state index is 11.1. The Morgan fingerprint density at radius 1 is 1.85 bits per heavy atom. The summed E-state index contributed by atoms with van der Waals surface area (Å²) in [6.45, 7) is 3.58. The van der Waals surface area contributed by atoms with Crippen LogP contribution in [0.15, 0.2) is 12.3 Å². The topological polar surface area (TPSA) is 70.1 Å². The van der Waals surface area contributed by atoms with Gasteiger partial charge in [0.2, 0.25) is 6.23 Å². The van der Waals surface area contributed by atoms with E-state index < -0.39 is 8.03 Å². The summed E-state index contributed by atoms with van der Waals surface area (Å²) in [4.78, 5) is 0. The highest BCUT2D eigenvalue weighted by Gasteiger charge is 2.20. The molecule has 0 radical (unpaired) electrons. The average molecular weight is 202 g/mol. The Hall–Kier alpha value is -0.930. The number of nitrogens with zero attached hydrogens (tertiary/aromatic N) is 2. The van der Waals surface area contributed by atoms with Crippen LogP contribution in [-0.2, 0) is 9.09 Å². The van der Waals surface area contributed by atoms with Gasteiger partial charge in [-0.15, -0.1) is 4.52 Å². The Labute approximate surface area is 77.7 Å². The van der Waals surface area contributed by atoms with Gasteiger partial charge in [-0.3, -0.25) is 0 Å². The van der Waals surface area contributed by atoms with Crippen molar-refractivity contribution in [3.05, 3.63) is 12.3 Å². The van der Waals surface area contributed by atoms with E-state index in [1.54, 1.807) is 19.2 Å². The van der Waals surface area contributed by atoms with Gasteiger partial charge >= 0.3 is 8.03 Å². The molecule has 0 saturated heterocycles. The summed E-state index contributed by atoms with van der Waals surface area (Å²) in [5.41, 5.74) is 5.42. The van der Waals surface area contributed by atoms with Crippen molar-refractivity contribution in [2.24, 2.45) is 0 Å². The summed E-state index contributed by atoms with van der Waals surface area (Å²) in [6.07, 6.45) is 1.87. The zero-order valence-electron chi connectivity index (χ0n) is 7.67. The van der Waals surface area contributed by atoms with Crippen LogP contribution in [0.4, 0.5) is 5.82 Å². The van der Waals surface area contributed by atoms with Crippen LogP contribution in [0.5, 0.6) is 0 Å². The molecule has 0 fully saturated rings. The van der Waals surface area contributed by atoms with Crippen molar-refractivity contribution in [1.82, 2.24) is 9.78 Å². The van der Waals surface area contributed by atoms with Gasteiger partial charge in [0, 0.05) is 12.3 Å². The first-order valence-corrected chi connectivity index (χ1v) is 5.41. The monoisotopic (exact) mass is 202 g/mol. The van der Waals surface area contributed by atoms with E-state index in [0.717, 1.165) is 0 Å². The molecule has 13 heavy (non-hydrogen) atoms. The van der Waals surface area contributed by atoms with Crippen LogP contribution >= 0.6 is 8.03 Å². The highest BCUT2D eigenvalue weighted by Crippen LogP contribution is 2.27. The van der Waals surface area contributed by atoms with Crippen molar-refractivity contribution in [1.29, 1.82) is 0 Å². The summed E-state index contributed by atoms with van der Waals surface area (Å²) < 4.78 is 17.7. The lowest BCUT2D eigenvalue weighted by molar-refractivity contribution is 0.150. The highest BCUT2D eigenvalue weighted by atomic mass is 31.1. The van der Waals surface area contributed by atoms with Crippen LogP contribution in [0.2, 0.25) is 0 Å². The van der Waals surface area contributed by atoms with E-state index in [0.29, 0.717) is 12.0 Å². The van der Waals surface area contributed by atoms with E-state index >= 15 is 0 Å². The Morgan fingerprint density at radius 3 is 3.00 bits per heavy atom. The molecule has 1 rings (SSSR count). The lowest BCUT2D eigenvalue weighted by Gasteiger charge is -2.03. The normalized spacial score (nSPS) is 14.2. The van der Waals surface area contributed by atoms with E-state index in [9.17, 15) is 4.57 Å². The molecular weight excluding hydrogens is 189 g/mol. The van der Waals surface area contributed by atoms with Crippen molar-refractivity contribution in [3.8, 4) is 0 Å². The molecule has 2 atom stereocenters. The van der Waals surface area contributed by atoms with Crippen LogP contribution in [0, 0.1) is 0 Å². The van der Waals surface area contributed by atoms with Gasteiger partial charge < -0.3 is 5.73 Å². The number of aromatic nitrogens is 2. The molecule has 0 aliphatic heterocycles. The molecule has 72 valence electrons. The van der Waals surface area contributed by atoms with Crippen LogP contribution in [-0.4, -0.2) is 15.9 Å². The van der Waals surface area contributed by atoms with Crippen molar-refractivity contribution >= 4 is 13.8 Å². The van der Waals surface area contributed by atoms with Crippen LogP contribution in [0.25, 0.3) is 0 Å². The molecule has 1 aromatic rings. The molecule has 1 heterocycles. The lowest BCUT2D eigenvalue weighted by Crippen LogP contribution is -2.07. The second kappa shape index (κ2) is 4.35. The third kappa shape index (κ3) is 2.79.